The normalized spacial score (nSPS) is 10.7. The Morgan fingerprint density at radius 3 is 2.41 bits per heavy atom. The number of aromatic nitrogens is 2. The molecule has 0 aliphatic carbocycles. The predicted octanol–water partition coefficient (Wildman–Crippen LogP) is 3.18. The number of halogens is 2. The van der Waals surface area contributed by atoms with Crippen LogP contribution in [0, 0.1) is 11.6 Å². The fraction of sp³-hybridized carbons (Fsp3) is 0.0625. The molecule has 0 spiro atoms. The largest absolute Gasteiger partial charge is 0.311 e. The lowest BCUT2D eigenvalue weighted by Crippen LogP contribution is -2.26. The van der Waals surface area contributed by atoms with Crippen LogP contribution in [0.5, 0.6) is 0 Å². The van der Waals surface area contributed by atoms with Crippen molar-refractivity contribution in [3.63, 3.8) is 0 Å². The molecule has 1 aromatic heterocycles. The second-order valence-electron chi connectivity index (χ2n) is 4.72. The maximum absolute atomic E-state index is 13.2. The maximum atomic E-state index is 13.2. The second kappa shape index (κ2) is 5.48. The summed E-state index contributed by atoms with van der Waals surface area (Å²) in [7, 11) is 1.56. The van der Waals surface area contributed by atoms with Crippen molar-refractivity contribution >= 4 is 22.6 Å². The van der Waals surface area contributed by atoms with E-state index in [1.165, 1.54) is 11.0 Å². The first-order valence-corrected chi connectivity index (χ1v) is 6.50. The van der Waals surface area contributed by atoms with Gasteiger partial charge in [0.25, 0.3) is 5.91 Å². The molecule has 0 aliphatic heterocycles. The highest BCUT2D eigenvalue weighted by molar-refractivity contribution is 6.06. The number of rotatable bonds is 2. The van der Waals surface area contributed by atoms with Crippen LogP contribution in [0.4, 0.5) is 14.5 Å². The third kappa shape index (κ3) is 2.50. The number of anilines is 1. The number of benzene rings is 2. The molecule has 3 aromatic rings. The Kier molecular flexibility index (Phi) is 3.50. The molecule has 1 amide bonds. The van der Waals surface area contributed by atoms with Crippen LogP contribution in [0.25, 0.3) is 11.0 Å². The summed E-state index contributed by atoms with van der Waals surface area (Å²) in [5.41, 5.74) is 2.01. The molecule has 0 saturated heterocycles. The highest BCUT2D eigenvalue weighted by Gasteiger charge is 2.16. The van der Waals surface area contributed by atoms with Gasteiger partial charge in [-0.15, -0.1) is 0 Å². The minimum Gasteiger partial charge on any atom is -0.311 e. The summed E-state index contributed by atoms with van der Waals surface area (Å²) in [4.78, 5) is 22.0. The van der Waals surface area contributed by atoms with Gasteiger partial charge in [-0.1, -0.05) is 0 Å². The van der Waals surface area contributed by atoms with Crippen molar-refractivity contribution in [2.75, 3.05) is 11.9 Å². The van der Waals surface area contributed by atoms with Crippen molar-refractivity contribution in [3.8, 4) is 0 Å². The first-order chi connectivity index (χ1) is 10.6. The minimum absolute atomic E-state index is 0.0700. The molecule has 6 heteroatoms. The molecule has 0 saturated carbocycles. The molecule has 0 radical (unpaired) electrons. The van der Waals surface area contributed by atoms with Crippen molar-refractivity contribution in [1.29, 1.82) is 0 Å². The van der Waals surface area contributed by atoms with Gasteiger partial charge >= 0.3 is 0 Å². The van der Waals surface area contributed by atoms with Gasteiger partial charge in [-0.3, -0.25) is 14.8 Å². The molecular formula is C16H11F2N3O. The van der Waals surface area contributed by atoms with Crippen molar-refractivity contribution in [2.24, 2.45) is 0 Å². The van der Waals surface area contributed by atoms with E-state index in [2.05, 4.69) is 9.97 Å². The Bertz CT molecular complexity index is 867. The second-order valence-corrected chi connectivity index (χ2v) is 4.72. The molecular weight excluding hydrogens is 288 g/mol. The van der Waals surface area contributed by atoms with Gasteiger partial charge in [0.05, 0.1) is 11.0 Å². The third-order valence-corrected chi connectivity index (χ3v) is 3.31. The zero-order chi connectivity index (χ0) is 15.7. The maximum Gasteiger partial charge on any atom is 0.258 e. The van der Waals surface area contributed by atoms with E-state index in [-0.39, 0.29) is 5.56 Å². The first-order valence-electron chi connectivity index (χ1n) is 6.50. The van der Waals surface area contributed by atoms with Gasteiger partial charge in [-0.2, -0.15) is 0 Å². The van der Waals surface area contributed by atoms with Crippen molar-refractivity contribution in [1.82, 2.24) is 9.97 Å². The van der Waals surface area contributed by atoms with Crippen LogP contribution in [0.3, 0.4) is 0 Å². The summed E-state index contributed by atoms with van der Waals surface area (Å²) in [5, 5.41) is 0. The lowest BCUT2D eigenvalue weighted by atomic mass is 10.1. The molecule has 4 nitrogen and oxygen atoms in total. The quantitative estimate of drug-likeness (QED) is 0.730. The number of fused-ring (bicyclic) bond motifs is 1. The van der Waals surface area contributed by atoms with Gasteiger partial charge in [-0.05, 0) is 36.4 Å². The summed E-state index contributed by atoms with van der Waals surface area (Å²) in [6.45, 7) is 0. The summed E-state index contributed by atoms with van der Waals surface area (Å²) in [6, 6.07) is 8.23. The van der Waals surface area contributed by atoms with Crippen molar-refractivity contribution in [2.45, 2.75) is 0 Å². The number of hydrogen-bond donors (Lipinski definition) is 0. The van der Waals surface area contributed by atoms with Crippen LogP contribution >= 0.6 is 0 Å². The van der Waals surface area contributed by atoms with Gasteiger partial charge in [0, 0.05) is 30.7 Å². The Balaban J connectivity index is 1.95. The number of nitrogens with zero attached hydrogens (tertiary/aromatic N) is 3. The van der Waals surface area contributed by atoms with E-state index in [0.29, 0.717) is 16.7 Å². The summed E-state index contributed by atoms with van der Waals surface area (Å²) >= 11 is 0. The Hall–Kier alpha value is -2.89. The van der Waals surface area contributed by atoms with Gasteiger partial charge in [0.1, 0.15) is 0 Å². The van der Waals surface area contributed by atoms with Gasteiger partial charge in [0.15, 0.2) is 11.6 Å². The first kappa shape index (κ1) is 14.1. The third-order valence-electron chi connectivity index (χ3n) is 3.31. The topological polar surface area (TPSA) is 46.1 Å². The SMILES string of the molecule is CN(C(=O)c1ccc(F)c(F)c1)c1ccc2nccnc2c1. The van der Waals surface area contributed by atoms with E-state index in [0.717, 1.165) is 12.1 Å². The van der Waals surface area contributed by atoms with Crippen LogP contribution in [-0.4, -0.2) is 22.9 Å². The lowest BCUT2D eigenvalue weighted by Gasteiger charge is -2.17. The molecule has 0 atom stereocenters. The number of hydrogen-bond acceptors (Lipinski definition) is 3. The number of carbonyl (C=O) groups excluding carboxylic acids is 1. The van der Waals surface area contributed by atoms with Crippen LogP contribution in [-0.2, 0) is 0 Å². The van der Waals surface area contributed by atoms with Gasteiger partial charge in [0.2, 0.25) is 0 Å². The monoisotopic (exact) mass is 299 g/mol. The van der Waals surface area contributed by atoms with E-state index in [4.69, 9.17) is 0 Å². The molecule has 110 valence electrons. The number of amides is 1. The lowest BCUT2D eigenvalue weighted by molar-refractivity contribution is 0.0992. The molecule has 0 bridgehead atoms. The van der Waals surface area contributed by atoms with Crippen LogP contribution < -0.4 is 4.90 Å². The molecule has 0 N–H and O–H groups in total. The highest BCUT2D eigenvalue weighted by Crippen LogP contribution is 2.20. The summed E-state index contributed by atoms with van der Waals surface area (Å²) in [5.74, 6) is -2.48. The van der Waals surface area contributed by atoms with E-state index in [1.54, 1.807) is 37.6 Å². The fourth-order valence-electron chi connectivity index (χ4n) is 2.10. The molecule has 22 heavy (non-hydrogen) atoms. The Morgan fingerprint density at radius 2 is 1.68 bits per heavy atom. The Morgan fingerprint density at radius 1 is 0.955 bits per heavy atom. The van der Waals surface area contributed by atoms with Gasteiger partial charge in [-0.25, -0.2) is 8.78 Å². The fourth-order valence-corrected chi connectivity index (χ4v) is 2.10. The summed E-state index contributed by atoms with van der Waals surface area (Å²) < 4.78 is 26.2. The predicted molar refractivity (Wildman–Crippen MR) is 78.6 cm³/mol. The molecule has 3 rings (SSSR count). The highest BCUT2D eigenvalue weighted by atomic mass is 19.2. The molecule has 2 aromatic carbocycles. The Labute approximate surface area is 125 Å². The van der Waals surface area contributed by atoms with Crippen molar-refractivity contribution in [3.05, 3.63) is 66.0 Å². The molecule has 0 unspecified atom stereocenters. The van der Waals surface area contributed by atoms with Gasteiger partial charge < -0.3 is 4.90 Å². The standard InChI is InChI=1S/C16H11F2N3O/c1-21(16(22)10-2-4-12(17)13(18)8-10)11-3-5-14-15(9-11)20-7-6-19-14/h2-9H,1H3. The molecule has 0 fully saturated rings. The zero-order valence-corrected chi connectivity index (χ0v) is 11.6. The van der Waals surface area contributed by atoms with Crippen molar-refractivity contribution < 1.29 is 13.6 Å². The number of carbonyl (C=O) groups is 1. The van der Waals surface area contributed by atoms with Crippen LogP contribution in [0.15, 0.2) is 48.8 Å². The van der Waals surface area contributed by atoms with Crippen LogP contribution in [0.2, 0.25) is 0 Å². The average molecular weight is 299 g/mol. The van der Waals surface area contributed by atoms with E-state index < -0.39 is 17.5 Å². The van der Waals surface area contributed by atoms with Crippen LogP contribution in [0.1, 0.15) is 10.4 Å². The molecule has 1 heterocycles. The average Bonchev–Trinajstić information content (AvgIpc) is 2.55. The van der Waals surface area contributed by atoms with E-state index >= 15 is 0 Å². The van der Waals surface area contributed by atoms with E-state index in [9.17, 15) is 13.6 Å². The minimum atomic E-state index is -1.05. The summed E-state index contributed by atoms with van der Waals surface area (Å²) in [6.07, 6.45) is 3.14. The molecule has 0 aliphatic rings. The smallest absolute Gasteiger partial charge is 0.258 e. The van der Waals surface area contributed by atoms with E-state index in [1.807, 2.05) is 0 Å². The zero-order valence-electron chi connectivity index (χ0n) is 11.6.